The summed E-state index contributed by atoms with van der Waals surface area (Å²) in [4.78, 5) is 22.3. The molecular formula is C9H14N2O6. The summed E-state index contributed by atoms with van der Waals surface area (Å²) in [5.74, 6) is -1.35. The molecule has 2 heterocycles. The van der Waals surface area contributed by atoms with Crippen LogP contribution in [-0.4, -0.2) is 64.8 Å². The number of nitrogens with one attached hydrogen (secondary N) is 2. The number of aliphatic hydroxyl groups excluding tert-OH is 3. The highest BCUT2D eigenvalue weighted by Crippen LogP contribution is 2.22. The van der Waals surface area contributed by atoms with Crippen molar-refractivity contribution in [3.05, 3.63) is 0 Å². The molecule has 2 aliphatic heterocycles. The summed E-state index contributed by atoms with van der Waals surface area (Å²) in [5.41, 5.74) is 0. The van der Waals surface area contributed by atoms with Gasteiger partial charge in [0.05, 0.1) is 36.8 Å². The standard InChI is InChI=1S/C9H14N2O6/c12-1-4-6(13)7(14)5(10-4)3-2-17-9(16)11-8(3)15/h3-7,10,12-14H,1-2H2,(H,11,15,16)/t3?,4-,5+,6-,7+/m1/s1. The molecule has 96 valence electrons. The second-order valence-corrected chi connectivity index (χ2v) is 4.16. The van der Waals surface area contributed by atoms with Gasteiger partial charge in [0.25, 0.3) is 0 Å². The largest absolute Gasteiger partial charge is 0.448 e. The molecular weight excluding hydrogens is 232 g/mol. The molecule has 8 heteroatoms. The summed E-state index contributed by atoms with van der Waals surface area (Å²) in [6.45, 7) is -0.521. The molecule has 0 spiro atoms. The van der Waals surface area contributed by atoms with Gasteiger partial charge < -0.3 is 25.4 Å². The smallest absolute Gasteiger partial charge is 0.413 e. The molecule has 2 saturated heterocycles. The number of alkyl carbamates (subject to hydrolysis) is 1. The van der Waals surface area contributed by atoms with Gasteiger partial charge in [-0.25, -0.2) is 4.79 Å². The monoisotopic (exact) mass is 246 g/mol. The Labute approximate surface area is 96.6 Å². The van der Waals surface area contributed by atoms with Crippen LogP contribution in [0.4, 0.5) is 4.79 Å². The number of carbonyl (C=O) groups excluding carboxylic acids is 2. The molecule has 0 bridgehead atoms. The molecule has 1 unspecified atom stereocenters. The van der Waals surface area contributed by atoms with Crippen LogP contribution >= 0.6 is 0 Å². The zero-order valence-corrected chi connectivity index (χ0v) is 8.87. The lowest BCUT2D eigenvalue weighted by Crippen LogP contribution is -2.54. The summed E-state index contributed by atoms with van der Waals surface area (Å²) >= 11 is 0. The van der Waals surface area contributed by atoms with Crippen LogP contribution in [-0.2, 0) is 9.53 Å². The number of rotatable bonds is 2. The molecule has 8 nitrogen and oxygen atoms in total. The normalized spacial score (nSPS) is 42.2. The Bertz CT molecular complexity index is 335. The van der Waals surface area contributed by atoms with Crippen molar-refractivity contribution in [2.45, 2.75) is 24.3 Å². The van der Waals surface area contributed by atoms with Gasteiger partial charge in [-0.05, 0) is 0 Å². The minimum absolute atomic E-state index is 0.162. The van der Waals surface area contributed by atoms with E-state index in [1.54, 1.807) is 0 Å². The number of amides is 2. The molecule has 0 aromatic heterocycles. The molecule has 0 aromatic rings. The Morgan fingerprint density at radius 3 is 2.53 bits per heavy atom. The fourth-order valence-electron chi connectivity index (χ4n) is 2.15. The van der Waals surface area contributed by atoms with Gasteiger partial charge in [0.15, 0.2) is 0 Å². The van der Waals surface area contributed by atoms with Gasteiger partial charge in [0, 0.05) is 0 Å². The van der Waals surface area contributed by atoms with Crippen LogP contribution in [0.3, 0.4) is 0 Å². The van der Waals surface area contributed by atoms with E-state index in [1.807, 2.05) is 5.32 Å². The Morgan fingerprint density at radius 2 is 2.00 bits per heavy atom. The molecule has 5 N–H and O–H groups in total. The van der Waals surface area contributed by atoms with Crippen LogP contribution in [0.1, 0.15) is 0 Å². The van der Waals surface area contributed by atoms with Gasteiger partial charge in [-0.3, -0.25) is 10.1 Å². The Hall–Kier alpha value is -1.22. The summed E-state index contributed by atoms with van der Waals surface area (Å²) in [6.07, 6.45) is -3.17. The van der Waals surface area contributed by atoms with Gasteiger partial charge in [0.2, 0.25) is 5.91 Å². The second kappa shape index (κ2) is 4.57. The van der Waals surface area contributed by atoms with Crippen LogP contribution in [0, 0.1) is 5.92 Å². The molecule has 2 aliphatic rings. The second-order valence-electron chi connectivity index (χ2n) is 4.16. The molecule has 17 heavy (non-hydrogen) atoms. The van der Waals surface area contributed by atoms with E-state index in [4.69, 9.17) is 5.11 Å². The van der Waals surface area contributed by atoms with E-state index in [0.29, 0.717) is 0 Å². The summed E-state index contributed by atoms with van der Waals surface area (Å²) in [7, 11) is 0. The van der Waals surface area contributed by atoms with Crippen LogP contribution in [0.2, 0.25) is 0 Å². The highest BCUT2D eigenvalue weighted by Gasteiger charge is 2.48. The average Bonchev–Trinajstić information content (AvgIpc) is 2.57. The number of imide groups is 1. The maximum absolute atomic E-state index is 11.5. The molecule has 0 saturated carbocycles. The quantitative estimate of drug-likeness (QED) is 0.349. The Morgan fingerprint density at radius 1 is 1.29 bits per heavy atom. The SMILES string of the molecule is O=C1NC(=O)C([C@@H]2N[C@H](CO)[C@@H](O)[C@H]2O)CO1. The van der Waals surface area contributed by atoms with Gasteiger partial charge in [-0.15, -0.1) is 0 Å². The van der Waals surface area contributed by atoms with Crippen molar-refractivity contribution in [3.8, 4) is 0 Å². The van der Waals surface area contributed by atoms with Crippen LogP contribution in [0.15, 0.2) is 0 Å². The van der Waals surface area contributed by atoms with E-state index in [2.05, 4.69) is 10.1 Å². The van der Waals surface area contributed by atoms with E-state index in [9.17, 15) is 19.8 Å². The molecule has 2 fully saturated rings. The first-order chi connectivity index (χ1) is 8.04. The molecule has 0 aliphatic carbocycles. The number of carbonyl (C=O) groups is 2. The average molecular weight is 246 g/mol. The summed E-state index contributed by atoms with van der Waals surface area (Å²) < 4.78 is 4.66. The first-order valence-corrected chi connectivity index (χ1v) is 5.25. The zero-order chi connectivity index (χ0) is 12.6. The van der Waals surface area contributed by atoms with E-state index in [1.165, 1.54) is 0 Å². The van der Waals surface area contributed by atoms with Crippen molar-refractivity contribution in [1.29, 1.82) is 0 Å². The summed E-state index contributed by atoms with van der Waals surface area (Å²) in [6, 6.07) is -1.45. The van der Waals surface area contributed by atoms with Crippen LogP contribution in [0.5, 0.6) is 0 Å². The van der Waals surface area contributed by atoms with Gasteiger partial charge >= 0.3 is 6.09 Å². The summed E-state index contributed by atoms with van der Waals surface area (Å²) in [5, 5.41) is 33.0. The van der Waals surface area contributed by atoms with E-state index < -0.39 is 42.2 Å². The lowest BCUT2D eigenvalue weighted by atomic mass is 9.94. The Kier molecular flexibility index (Phi) is 3.29. The molecule has 0 aromatic carbocycles. The zero-order valence-electron chi connectivity index (χ0n) is 8.87. The van der Waals surface area contributed by atoms with Crippen molar-refractivity contribution in [2.24, 2.45) is 5.92 Å². The molecule has 0 radical (unpaired) electrons. The number of hydrogen-bond acceptors (Lipinski definition) is 7. The number of cyclic esters (lactones) is 1. The van der Waals surface area contributed by atoms with E-state index in [-0.39, 0.29) is 13.2 Å². The van der Waals surface area contributed by atoms with Crippen molar-refractivity contribution in [3.63, 3.8) is 0 Å². The fourth-order valence-corrected chi connectivity index (χ4v) is 2.15. The van der Waals surface area contributed by atoms with Crippen molar-refractivity contribution in [1.82, 2.24) is 10.6 Å². The highest BCUT2D eigenvalue weighted by atomic mass is 16.6. The maximum atomic E-state index is 11.5. The highest BCUT2D eigenvalue weighted by molar-refractivity contribution is 5.95. The van der Waals surface area contributed by atoms with E-state index in [0.717, 1.165) is 0 Å². The van der Waals surface area contributed by atoms with Crippen molar-refractivity contribution >= 4 is 12.0 Å². The van der Waals surface area contributed by atoms with Gasteiger partial charge in [0.1, 0.15) is 6.61 Å². The number of aliphatic hydroxyl groups is 3. The lowest BCUT2D eigenvalue weighted by molar-refractivity contribution is -0.130. The predicted molar refractivity (Wildman–Crippen MR) is 52.8 cm³/mol. The molecule has 2 amide bonds. The maximum Gasteiger partial charge on any atom is 0.413 e. The Balaban J connectivity index is 2.08. The van der Waals surface area contributed by atoms with Crippen LogP contribution in [0.25, 0.3) is 0 Å². The topological polar surface area (TPSA) is 128 Å². The minimum Gasteiger partial charge on any atom is -0.448 e. The first-order valence-electron chi connectivity index (χ1n) is 5.25. The van der Waals surface area contributed by atoms with Gasteiger partial charge in [-0.1, -0.05) is 0 Å². The van der Waals surface area contributed by atoms with Gasteiger partial charge in [-0.2, -0.15) is 0 Å². The third-order valence-electron chi connectivity index (χ3n) is 3.12. The van der Waals surface area contributed by atoms with E-state index >= 15 is 0 Å². The third kappa shape index (κ3) is 2.12. The molecule has 2 rings (SSSR count). The molecule has 5 atom stereocenters. The minimum atomic E-state index is -1.19. The van der Waals surface area contributed by atoms with Crippen molar-refractivity contribution in [2.75, 3.05) is 13.2 Å². The first kappa shape index (κ1) is 12.2. The van der Waals surface area contributed by atoms with Crippen molar-refractivity contribution < 1.29 is 29.6 Å². The lowest BCUT2D eigenvalue weighted by Gasteiger charge is -2.28. The van der Waals surface area contributed by atoms with Crippen LogP contribution < -0.4 is 10.6 Å². The third-order valence-corrected chi connectivity index (χ3v) is 3.12. The number of hydrogen-bond donors (Lipinski definition) is 5. The fraction of sp³-hybridized carbons (Fsp3) is 0.778. The predicted octanol–water partition coefficient (Wildman–Crippen LogP) is -3.08. The number of ether oxygens (including phenoxy) is 1.